The molecule has 1 aliphatic rings. The maximum atomic E-state index is 12.0. The van der Waals surface area contributed by atoms with Crippen molar-refractivity contribution in [3.8, 4) is 0 Å². The minimum absolute atomic E-state index is 0.0687. The third kappa shape index (κ3) is 6.93. The molecule has 0 bridgehead atoms. The van der Waals surface area contributed by atoms with E-state index in [4.69, 9.17) is 5.11 Å². The fraction of sp³-hybridized carbons (Fsp3) is 0.857. The molecule has 0 aliphatic carbocycles. The Kier molecular flexibility index (Phi) is 7.71. The second-order valence-corrected chi connectivity index (χ2v) is 7.49. The van der Waals surface area contributed by atoms with Crippen LogP contribution in [0.1, 0.15) is 39.0 Å². The lowest BCUT2D eigenvalue weighted by molar-refractivity contribution is -0.137. The zero-order chi connectivity index (χ0) is 15.8. The van der Waals surface area contributed by atoms with E-state index in [1.807, 2.05) is 6.92 Å². The molecular formula is C14H26N2O4S. The summed E-state index contributed by atoms with van der Waals surface area (Å²) in [5.41, 5.74) is 0. The molecule has 2 unspecified atom stereocenters. The highest BCUT2D eigenvalue weighted by Crippen LogP contribution is 2.21. The van der Waals surface area contributed by atoms with Crippen molar-refractivity contribution in [1.82, 2.24) is 10.2 Å². The molecule has 2 atom stereocenters. The van der Waals surface area contributed by atoms with Gasteiger partial charge in [-0.15, -0.1) is 0 Å². The van der Waals surface area contributed by atoms with Crippen LogP contribution in [0.2, 0.25) is 0 Å². The minimum atomic E-state index is -0.854. The van der Waals surface area contributed by atoms with Crippen LogP contribution in [0.3, 0.4) is 0 Å². The molecule has 1 fully saturated rings. The summed E-state index contributed by atoms with van der Waals surface area (Å²) in [7, 11) is -0.854. The maximum Gasteiger partial charge on any atom is 0.317 e. The Morgan fingerprint density at radius 3 is 2.52 bits per heavy atom. The molecule has 1 saturated heterocycles. The number of carboxylic acids is 1. The fourth-order valence-corrected chi connectivity index (χ4v) is 2.86. The third-order valence-electron chi connectivity index (χ3n) is 4.06. The van der Waals surface area contributed by atoms with Crippen LogP contribution in [0.4, 0.5) is 4.79 Å². The molecule has 122 valence electrons. The highest BCUT2D eigenvalue weighted by atomic mass is 32.2. The number of urea groups is 1. The standard InChI is InChI=1S/C14H26N2O4S/c1-11(21(2)20)5-8-15-14(19)16-9-6-12(7-10-16)3-4-13(17)18/h11-12H,3-10H2,1-2H3,(H,15,19)(H,17,18). The van der Waals surface area contributed by atoms with Crippen LogP contribution in [0, 0.1) is 5.92 Å². The summed E-state index contributed by atoms with van der Waals surface area (Å²) >= 11 is 0. The molecule has 0 aromatic rings. The van der Waals surface area contributed by atoms with Crippen LogP contribution in [0.5, 0.6) is 0 Å². The zero-order valence-corrected chi connectivity index (χ0v) is 13.7. The molecule has 2 N–H and O–H groups in total. The van der Waals surface area contributed by atoms with E-state index >= 15 is 0 Å². The van der Waals surface area contributed by atoms with Gasteiger partial charge in [-0.1, -0.05) is 6.92 Å². The van der Waals surface area contributed by atoms with Gasteiger partial charge in [0, 0.05) is 48.4 Å². The molecule has 0 saturated carbocycles. The monoisotopic (exact) mass is 318 g/mol. The van der Waals surface area contributed by atoms with Gasteiger partial charge in [0.25, 0.3) is 0 Å². The number of rotatable bonds is 7. The van der Waals surface area contributed by atoms with E-state index in [2.05, 4.69) is 5.32 Å². The number of carbonyl (C=O) groups is 2. The summed E-state index contributed by atoms with van der Waals surface area (Å²) in [6.07, 6.45) is 5.04. The quantitative estimate of drug-likeness (QED) is 0.743. The fourth-order valence-electron chi connectivity index (χ4n) is 2.41. The number of carboxylic acid groups (broad SMARTS) is 1. The number of hydrogen-bond donors (Lipinski definition) is 2. The number of nitrogens with one attached hydrogen (secondary N) is 1. The normalized spacial score (nSPS) is 19.0. The molecule has 2 amide bonds. The smallest absolute Gasteiger partial charge is 0.317 e. The number of hydrogen-bond acceptors (Lipinski definition) is 3. The van der Waals surface area contributed by atoms with Crippen LogP contribution >= 0.6 is 0 Å². The third-order valence-corrected chi connectivity index (χ3v) is 5.43. The van der Waals surface area contributed by atoms with Crippen molar-refractivity contribution in [1.29, 1.82) is 0 Å². The lowest BCUT2D eigenvalue weighted by Crippen LogP contribution is -2.45. The van der Waals surface area contributed by atoms with Gasteiger partial charge in [0.2, 0.25) is 0 Å². The molecule has 1 heterocycles. The number of carbonyl (C=O) groups excluding carboxylic acids is 1. The molecule has 21 heavy (non-hydrogen) atoms. The predicted molar refractivity (Wildman–Crippen MR) is 82.7 cm³/mol. The second kappa shape index (κ2) is 9.02. The lowest BCUT2D eigenvalue weighted by atomic mass is 9.92. The number of likely N-dealkylation sites (tertiary alicyclic amines) is 1. The van der Waals surface area contributed by atoms with E-state index in [0.29, 0.717) is 38.4 Å². The summed E-state index contributed by atoms with van der Waals surface area (Å²) in [6, 6.07) is -0.0687. The average molecular weight is 318 g/mol. The van der Waals surface area contributed by atoms with E-state index in [1.165, 1.54) is 0 Å². The first-order valence-electron chi connectivity index (χ1n) is 7.47. The van der Waals surface area contributed by atoms with Crippen LogP contribution in [0.25, 0.3) is 0 Å². The Bertz CT molecular complexity index is 381. The highest BCUT2D eigenvalue weighted by Gasteiger charge is 2.23. The zero-order valence-electron chi connectivity index (χ0n) is 12.8. The van der Waals surface area contributed by atoms with E-state index in [9.17, 15) is 13.8 Å². The van der Waals surface area contributed by atoms with Crippen molar-refractivity contribution in [2.75, 3.05) is 25.9 Å². The van der Waals surface area contributed by atoms with Crippen molar-refractivity contribution in [2.24, 2.45) is 5.92 Å². The summed E-state index contributed by atoms with van der Waals surface area (Å²) < 4.78 is 11.2. The Balaban J connectivity index is 2.19. The first-order chi connectivity index (χ1) is 9.90. The summed E-state index contributed by atoms with van der Waals surface area (Å²) in [6.45, 7) is 3.82. The van der Waals surface area contributed by atoms with Crippen LogP contribution in [-0.4, -0.2) is 57.4 Å². The van der Waals surface area contributed by atoms with Crippen LogP contribution < -0.4 is 5.32 Å². The van der Waals surface area contributed by atoms with Crippen molar-refractivity contribution in [3.05, 3.63) is 0 Å². The van der Waals surface area contributed by atoms with E-state index in [1.54, 1.807) is 11.2 Å². The largest absolute Gasteiger partial charge is 0.481 e. The van der Waals surface area contributed by atoms with Gasteiger partial charge in [-0.05, 0) is 31.6 Å². The van der Waals surface area contributed by atoms with E-state index in [-0.39, 0.29) is 17.7 Å². The van der Waals surface area contributed by atoms with Crippen LogP contribution in [-0.2, 0) is 15.6 Å². The summed E-state index contributed by atoms with van der Waals surface area (Å²) in [5.74, 6) is -0.342. The SMILES string of the molecule is CC(CCNC(=O)N1CCC(CCC(=O)O)CC1)S(C)=O. The Morgan fingerprint density at radius 2 is 2.00 bits per heavy atom. The molecule has 1 aliphatic heterocycles. The molecule has 0 aromatic heterocycles. The molecule has 0 spiro atoms. The first-order valence-corrected chi connectivity index (χ1v) is 9.09. The van der Waals surface area contributed by atoms with Gasteiger partial charge in [-0.2, -0.15) is 0 Å². The van der Waals surface area contributed by atoms with Gasteiger partial charge in [0.1, 0.15) is 0 Å². The van der Waals surface area contributed by atoms with Crippen molar-refractivity contribution >= 4 is 22.8 Å². The Labute approximate surface area is 128 Å². The number of piperidine rings is 1. The van der Waals surface area contributed by atoms with Gasteiger partial charge in [0.05, 0.1) is 0 Å². The van der Waals surface area contributed by atoms with Crippen molar-refractivity contribution < 1.29 is 18.9 Å². The molecular weight excluding hydrogens is 292 g/mol. The molecule has 1 rings (SSSR count). The van der Waals surface area contributed by atoms with Crippen molar-refractivity contribution in [3.63, 3.8) is 0 Å². The van der Waals surface area contributed by atoms with Gasteiger partial charge in [-0.25, -0.2) is 4.79 Å². The van der Waals surface area contributed by atoms with Gasteiger partial charge in [0.15, 0.2) is 0 Å². The lowest BCUT2D eigenvalue weighted by Gasteiger charge is -2.32. The summed E-state index contributed by atoms with van der Waals surface area (Å²) in [5, 5.41) is 11.6. The summed E-state index contributed by atoms with van der Waals surface area (Å²) in [4.78, 5) is 24.3. The highest BCUT2D eigenvalue weighted by molar-refractivity contribution is 7.84. The molecule has 0 aromatic carbocycles. The molecule has 6 nitrogen and oxygen atoms in total. The Hall–Kier alpha value is -1.11. The topological polar surface area (TPSA) is 86.7 Å². The predicted octanol–water partition coefficient (Wildman–Crippen LogP) is 1.43. The number of aliphatic carboxylic acids is 1. The van der Waals surface area contributed by atoms with E-state index in [0.717, 1.165) is 12.8 Å². The van der Waals surface area contributed by atoms with E-state index < -0.39 is 16.8 Å². The van der Waals surface area contributed by atoms with Gasteiger partial charge < -0.3 is 15.3 Å². The number of nitrogens with zero attached hydrogens (tertiary/aromatic N) is 1. The number of amides is 2. The van der Waals surface area contributed by atoms with Crippen molar-refractivity contribution in [2.45, 2.75) is 44.3 Å². The van der Waals surface area contributed by atoms with Gasteiger partial charge in [-0.3, -0.25) is 9.00 Å². The maximum absolute atomic E-state index is 12.0. The van der Waals surface area contributed by atoms with Gasteiger partial charge >= 0.3 is 12.0 Å². The average Bonchev–Trinajstić information content (AvgIpc) is 2.45. The second-order valence-electron chi connectivity index (χ2n) is 5.69. The first kappa shape index (κ1) is 17.9. The minimum Gasteiger partial charge on any atom is -0.481 e. The Morgan fingerprint density at radius 1 is 1.38 bits per heavy atom. The van der Waals surface area contributed by atoms with Crippen LogP contribution in [0.15, 0.2) is 0 Å². The molecule has 7 heteroatoms. The molecule has 0 radical (unpaired) electrons.